The van der Waals surface area contributed by atoms with Gasteiger partial charge in [-0.2, -0.15) is 0 Å². The van der Waals surface area contributed by atoms with E-state index in [9.17, 15) is 14.4 Å². The fraction of sp³-hybridized carbons (Fsp3) is 0.621. The van der Waals surface area contributed by atoms with E-state index < -0.39 is 18.1 Å². The first-order chi connectivity index (χ1) is 18.7. The van der Waals surface area contributed by atoms with Gasteiger partial charge in [-0.05, 0) is 77.2 Å². The molecule has 2 unspecified atom stereocenters. The number of rotatable bonds is 14. The maximum atomic E-state index is 13.5. The van der Waals surface area contributed by atoms with E-state index in [4.69, 9.17) is 16.3 Å². The molecule has 0 aliphatic carbocycles. The molecule has 0 saturated carbocycles. The zero-order chi connectivity index (χ0) is 28.4. The molecule has 2 aromatic rings. The van der Waals surface area contributed by atoms with Crippen LogP contribution >= 0.6 is 11.6 Å². The third-order valence-corrected chi connectivity index (χ3v) is 7.21. The number of esters is 1. The number of fused-ring (bicyclic) bond motifs is 1. The summed E-state index contributed by atoms with van der Waals surface area (Å²) in [6.07, 6.45) is 5.17. The van der Waals surface area contributed by atoms with E-state index in [1.807, 2.05) is 20.8 Å². The molecule has 0 radical (unpaired) electrons. The normalized spacial score (nSPS) is 15.7. The summed E-state index contributed by atoms with van der Waals surface area (Å²) >= 11 is 6.22. The number of hydrogen-bond acceptors (Lipinski definition) is 6. The minimum Gasteiger partial charge on any atom is -0.461 e. The second kappa shape index (κ2) is 15.2. The first-order valence-corrected chi connectivity index (χ1v) is 14.6. The summed E-state index contributed by atoms with van der Waals surface area (Å²) in [7, 11) is 0. The molecule has 1 aliphatic heterocycles. The Kier molecular flexibility index (Phi) is 12.1. The predicted octanol–water partition coefficient (Wildman–Crippen LogP) is 4.17. The van der Waals surface area contributed by atoms with Crippen LogP contribution in [0.15, 0.2) is 18.2 Å². The zero-order valence-electron chi connectivity index (χ0n) is 23.7. The quantitative estimate of drug-likeness (QED) is 0.203. The van der Waals surface area contributed by atoms with Crippen molar-refractivity contribution in [3.8, 4) is 0 Å². The van der Waals surface area contributed by atoms with E-state index in [1.165, 1.54) is 19.3 Å². The van der Waals surface area contributed by atoms with E-state index >= 15 is 0 Å². The van der Waals surface area contributed by atoms with Crippen LogP contribution in [0, 0.1) is 5.92 Å². The van der Waals surface area contributed by atoms with Gasteiger partial charge in [0.25, 0.3) is 0 Å². The average molecular weight is 562 g/mol. The third kappa shape index (κ3) is 8.68. The molecule has 216 valence electrons. The van der Waals surface area contributed by atoms with Crippen molar-refractivity contribution < 1.29 is 19.1 Å². The smallest absolute Gasteiger partial charge is 0.355 e. The molecule has 9 nitrogen and oxygen atoms in total. The van der Waals surface area contributed by atoms with Crippen LogP contribution in [0.2, 0.25) is 5.02 Å². The molecule has 1 fully saturated rings. The molecule has 0 spiro atoms. The molecule has 0 bridgehead atoms. The zero-order valence-corrected chi connectivity index (χ0v) is 24.5. The summed E-state index contributed by atoms with van der Waals surface area (Å²) in [5.74, 6) is -0.857. The molecule has 2 heterocycles. The largest absolute Gasteiger partial charge is 0.461 e. The Morgan fingerprint density at radius 2 is 1.82 bits per heavy atom. The van der Waals surface area contributed by atoms with Gasteiger partial charge in [-0.25, -0.2) is 4.79 Å². The van der Waals surface area contributed by atoms with Crippen LogP contribution in [0.25, 0.3) is 10.9 Å². The average Bonchev–Trinajstić information content (AvgIpc) is 3.27. The number of ether oxygens (including phenoxy) is 1. The maximum absolute atomic E-state index is 13.5. The van der Waals surface area contributed by atoms with E-state index in [0.29, 0.717) is 41.0 Å². The van der Waals surface area contributed by atoms with Crippen LogP contribution in [-0.4, -0.2) is 73.0 Å². The molecule has 4 N–H and O–H groups in total. The van der Waals surface area contributed by atoms with E-state index in [2.05, 4.69) is 25.8 Å². The summed E-state index contributed by atoms with van der Waals surface area (Å²) in [6, 6.07) is 3.59. The third-order valence-electron chi connectivity index (χ3n) is 6.97. The minimum atomic E-state index is -0.970. The number of halogens is 1. The number of likely N-dealkylation sites (N-methyl/N-ethyl adjacent to an activating group) is 1. The van der Waals surface area contributed by atoms with Gasteiger partial charge in [-0.1, -0.05) is 37.9 Å². The van der Waals surface area contributed by atoms with Crippen molar-refractivity contribution in [3.63, 3.8) is 0 Å². The summed E-state index contributed by atoms with van der Waals surface area (Å²) in [4.78, 5) is 45.4. The summed E-state index contributed by atoms with van der Waals surface area (Å²) in [5.41, 5.74) is 1.22. The monoisotopic (exact) mass is 561 g/mol. The lowest BCUT2D eigenvalue weighted by atomic mass is 9.97. The number of amides is 2. The number of aromatic amines is 1. The van der Waals surface area contributed by atoms with Crippen LogP contribution in [0.5, 0.6) is 0 Å². The number of likely N-dealkylation sites (tertiary alicyclic amines) is 1. The number of carbonyl (C=O) groups excluding carboxylic acids is 3. The number of H-pyrrole nitrogens is 1. The van der Waals surface area contributed by atoms with Crippen molar-refractivity contribution in [1.29, 1.82) is 0 Å². The van der Waals surface area contributed by atoms with Crippen LogP contribution < -0.4 is 16.0 Å². The molecule has 39 heavy (non-hydrogen) atoms. The highest BCUT2D eigenvalue weighted by Gasteiger charge is 2.34. The lowest BCUT2D eigenvalue weighted by molar-refractivity contribution is -0.126. The van der Waals surface area contributed by atoms with Gasteiger partial charge in [0, 0.05) is 34.6 Å². The van der Waals surface area contributed by atoms with E-state index in [-0.39, 0.29) is 30.0 Å². The number of nitrogens with one attached hydrogen (secondary N) is 4. The van der Waals surface area contributed by atoms with Crippen molar-refractivity contribution in [2.24, 2.45) is 5.92 Å². The van der Waals surface area contributed by atoms with Gasteiger partial charge in [0.05, 0.1) is 12.6 Å². The first kappa shape index (κ1) is 30.9. The Morgan fingerprint density at radius 3 is 2.49 bits per heavy atom. The molecule has 1 aliphatic rings. The standard InChI is InChI=1S/C29H44ClN5O4/c1-5-31-28(37)25(24-21-12-11-20(30)18-22(21)33-26(24)29(38)39-6-2)34-23(17-19(3)4)27(36)32-13-10-16-35-14-8-7-9-15-35/h11-12,18-19,23,25,33-34H,5-10,13-17H2,1-4H3,(H,31,37)(H,32,36). The van der Waals surface area contributed by atoms with Crippen molar-refractivity contribution in [1.82, 2.24) is 25.8 Å². The van der Waals surface area contributed by atoms with Crippen LogP contribution in [0.3, 0.4) is 0 Å². The van der Waals surface area contributed by atoms with Crippen molar-refractivity contribution >= 4 is 40.3 Å². The van der Waals surface area contributed by atoms with Crippen LogP contribution in [0.4, 0.5) is 0 Å². The fourth-order valence-electron chi connectivity index (χ4n) is 5.17. The van der Waals surface area contributed by atoms with Crippen molar-refractivity contribution in [2.75, 3.05) is 39.3 Å². The van der Waals surface area contributed by atoms with Gasteiger partial charge in [-0.3, -0.25) is 14.9 Å². The molecular weight excluding hydrogens is 518 g/mol. The van der Waals surface area contributed by atoms with Crippen LogP contribution in [-0.2, 0) is 14.3 Å². The Balaban J connectivity index is 1.87. The molecule has 3 rings (SSSR count). The highest BCUT2D eigenvalue weighted by molar-refractivity contribution is 6.31. The Bertz CT molecular complexity index is 1110. The second-order valence-electron chi connectivity index (χ2n) is 10.5. The minimum absolute atomic E-state index is 0.155. The van der Waals surface area contributed by atoms with Crippen LogP contribution in [0.1, 0.15) is 81.9 Å². The second-order valence-corrected chi connectivity index (χ2v) is 11.0. The van der Waals surface area contributed by atoms with E-state index in [1.54, 1.807) is 25.1 Å². The van der Waals surface area contributed by atoms with Gasteiger partial charge in [0.2, 0.25) is 11.8 Å². The lowest BCUT2D eigenvalue weighted by Crippen LogP contribution is -2.50. The van der Waals surface area contributed by atoms with Crippen molar-refractivity contribution in [2.45, 2.75) is 71.9 Å². The van der Waals surface area contributed by atoms with Gasteiger partial charge in [0.1, 0.15) is 11.7 Å². The number of hydrogen-bond donors (Lipinski definition) is 4. The van der Waals surface area contributed by atoms with Gasteiger partial charge < -0.3 is 25.3 Å². The highest BCUT2D eigenvalue weighted by atomic mass is 35.5. The van der Waals surface area contributed by atoms with E-state index in [0.717, 1.165) is 26.1 Å². The molecular formula is C29H44ClN5O4. The number of benzene rings is 1. The topological polar surface area (TPSA) is 116 Å². The Hall–Kier alpha value is -2.62. The van der Waals surface area contributed by atoms with Gasteiger partial charge in [-0.15, -0.1) is 0 Å². The summed E-state index contributed by atoms with van der Waals surface area (Å²) in [6.45, 7) is 12.0. The lowest BCUT2D eigenvalue weighted by Gasteiger charge is -2.27. The molecule has 10 heteroatoms. The maximum Gasteiger partial charge on any atom is 0.355 e. The molecule has 1 saturated heterocycles. The van der Waals surface area contributed by atoms with Gasteiger partial charge in [0.15, 0.2) is 0 Å². The molecule has 1 aromatic heterocycles. The van der Waals surface area contributed by atoms with Crippen molar-refractivity contribution in [3.05, 3.63) is 34.5 Å². The number of piperidine rings is 1. The number of carbonyl (C=O) groups is 3. The Morgan fingerprint density at radius 1 is 1.08 bits per heavy atom. The van der Waals surface area contributed by atoms with Gasteiger partial charge >= 0.3 is 5.97 Å². The first-order valence-electron chi connectivity index (χ1n) is 14.3. The Labute approximate surface area is 236 Å². The highest BCUT2D eigenvalue weighted by Crippen LogP contribution is 2.32. The number of nitrogens with zero attached hydrogens (tertiary/aromatic N) is 1. The number of aromatic nitrogens is 1. The SMILES string of the molecule is CCNC(=O)C(NC(CC(C)C)C(=O)NCCCN1CCCCC1)c1c(C(=O)OCC)[nH]c2cc(Cl)ccc12. The molecule has 2 atom stereocenters. The molecule has 1 aromatic carbocycles. The summed E-state index contributed by atoms with van der Waals surface area (Å²) in [5, 5.41) is 10.4. The summed E-state index contributed by atoms with van der Waals surface area (Å²) < 4.78 is 5.30. The molecule has 2 amide bonds. The fourth-order valence-corrected chi connectivity index (χ4v) is 5.34. The predicted molar refractivity (Wildman–Crippen MR) is 155 cm³/mol.